The lowest BCUT2D eigenvalue weighted by atomic mass is 10.3. The van der Waals surface area contributed by atoms with Gasteiger partial charge in [-0.1, -0.05) is 0 Å². The standard InChI is InChI=1S/C16H15FN6O4/c1-10-13(8-18-21(10)2)19-16(24)12-5-6-22(20-12)9-27-15-7-11(17)3-4-14(15)23(25)26/h3-8H,9H2,1-2H3,(H,19,24). The van der Waals surface area contributed by atoms with E-state index in [9.17, 15) is 19.3 Å². The number of carbonyl (C=O) groups excluding carboxylic acids is 1. The number of aromatic nitrogens is 4. The van der Waals surface area contributed by atoms with Crippen LogP contribution in [-0.4, -0.2) is 30.4 Å². The topological polar surface area (TPSA) is 117 Å². The van der Waals surface area contributed by atoms with Gasteiger partial charge in [-0.2, -0.15) is 10.2 Å². The minimum atomic E-state index is -0.674. The first-order valence-corrected chi connectivity index (χ1v) is 7.75. The van der Waals surface area contributed by atoms with Gasteiger partial charge in [0.1, 0.15) is 5.82 Å². The number of hydrogen-bond acceptors (Lipinski definition) is 6. The molecule has 1 amide bonds. The van der Waals surface area contributed by atoms with Crippen LogP contribution in [0, 0.1) is 22.9 Å². The second-order valence-electron chi connectivity index (χ2n) is 5.60. The molecule has 140 valence electrons. The fraction of sp³-hybridized carbons (Fsp3) is 0.188. The van der Waals surface area contributed by atoms with E-state index >= 15 is 0 Å². The third kappa shape index (κ3) is 3.92. The second-order valence-corrected chi connectivity index (χ2v) is 5.60. The van der Waals surface area contributed by atoms with Crippen molar-refractivity contribution < 1.29 is 18.8 Å². The summed E-state index contributed by atoms with van der Waals surface area (Å²) in [5.74, 6) is -1.34. The first-order valence-electron chi connectivity index (χ1n) is 7.75. The number of benzene rings is 1. The summed E-state index contributed by atoms with van der Waals surface area (Å²) in [7, 11) is 1.75. The molecule has 2 heterocycles. The largest absolute Gasteiger partial charge is 0.464 e. The van der Waals surface area contributed by atoms with Crippen molar-refractivity contribution >= 4 is 17.3 Å². The summed E-state index contributed by atoms with van der Waals surface area (Å²) in [5.41, 5.74) is 1.09. The van der Waals surface area contributed by atoms with Crippen molar-refractivity contribution in [2.75, 3.05) is 5.32 Å². The molecule has 0 saturated heterocycles. The molecule has 0 aliphatic rings. The normalized spacial score (nSPS) is 10.6. The Bertz CT molecular complexity index is 1010. The number of nitro benzene ring substituents is 1. The first-order chi connectivity index (χ1) is 12.8. The average Bonchev–Trinajstić information content (AvgIpc) is 3.22. The molecule has 27 heavy (non-hydrogen) atoms. The molecule has 1 aromatic carbocycles. The average molecular weight is 374 g/mol. The van der Waals surface area contributed by atoms with Gasteiger partial charge in [-0.05, 0) is 19.1 Å². The van der Waals surface area contributed by atoms with Crippen molar-refractivity contribution in [3.63, 3.8) is 0 Å². The maximum atomic E-state index is 13.3. The van der Waals surface area contributed by atoms with Crippen molar-refractivity contribution in [1.29, 1.82) is 0 Å². The maximum Gasteiger partial charge on any atom is 0.311 e. The Hall–Kier alpha value is -3.76. The molecule has 0 saturated carbocycles. The van der Waals surface area contributed by atoms with Crippen LogP contribution in [0.2, 0.25) is 0 Å². The molecule has 0 spiro atoms. The number of nitrogens with zero attached hydrogens (tertiary/aromatic N) is 5. The van der Waals surface area contributed by atoms with Gasteiger partial charge in [0.25, 0.3) is 5.91 Å². The number of rotatable bonds is 6. The van der Waals surface area contributed by atoms with Crippen LogP contribution in [0.3, 0.4) is 0 Å². The third-order valence-electron chi connectivity index (χ3n) is 3.83. The molecule has 11 heteroatoms. The van der Waals surface area contributed by atoms with Gasteiger partial charge in [-0.3, -0.25) is 19.6 Å². The van der Waals surface area contributed by atoms with Crippen LogP contribution in [0.15, 0.2) is 36.7 Å². The summed E-state index contributed by atoms with van der Waals surface area (Å²) in [4.78, 5) is 22.5. The number of amides is 1. The molecule has 0 aliphatic carbocycles. The van der Waals surface area contributed by atoms with Gasteiger partial charge in [0.2, 0.25) is 5.75 Å². The van der Waals surface area contributed by atoms with Crippen molar-refractivity contribution in [2.24, 2.45) is 7.05 Å². The monoisotopic (exact) mass is 374 g/mol. The summed E-state index contributed by atoms with van der Waals surface area (Å²) >= 11 is 0. The molecule has 1 N–H and O–H groups in total. The molecule has 3 aromatic rings. The molecule has 2 aromatic heterocycles. The van der Waals surface area contributed by atoms with Gasteiger partial charge in [0, 0.05) is 25.4 Å². The first kappa shape index (κ1) is 18.0. The van der Waals surface area contributed by atoms with Gasteiger partial charge in [0.15, 0.2) is 12.4 Å². The Morgan fingerprint density at radius 2 is 2.19 bits per heavy atom. The highest BCUT2D eigenvalue weighted by Crippen LogP contribution is 2.27. The smallest absolute Gasteiger partial charge is 0.311 e. The zero-order valence-corrected chi connectivity index (χ0v) is 14.4. The third-order valence-corrected chi connectivity index (χ3v) is 3.83. The summed E-state index contributed by atoms with van der Waals surface area (Å²) in [6.45, 7) is 1.57. The Labute approximate surface area is 152 Å². The van der Waals surface area contributed by atoms with E-state index in [1.807, 2.05) is 0 Å². The lowest BCUT2D eigenvalue weighted by molar-refractivity contribution is -0.386. The Morgan fingerprint density at radius 1 is 1.41 bits per heavy atom. The van der Waals surface area contributed by atoms with Crippen LogP contribution in [0.4, 0.5) is 15.8 Å². The van der Waals surface area contributed by atoms with Crippen LogP contribution in [-0.2, 0) is 13.8 Å². The molecular formula is C16H15FN6O4. The minimum Gasteiger partial charge on any atom is -0.464 e. The van der Waals surface area contributed by atoms with Crippen molar-refractivity contribution in [2.45, 2.75) is 13.7 Å². The number of halogens is 1. The summed E-state index contributed by atoms with van der Waals surface area (Å²) in [6, 6.07) is 4.37. The SMILES string of the molecule is Cc1c(NC(=O)c2ccn(COc3cc(F)ccc3[N+](=O)[O-])n2)cnn1C. The lowest BCUT2D eigenvalue weighted by Crippen LogP contribution is -2.15. The number of ether oxygens (including phenoxy) is 1. The van der Waals surface area contributed by atoms with Gasteiger partial charge < -0.3 is 10.1 Å². The van der Waals surface area contributed by atoms with Crippen LogP contribution in [0.1, 0.15) is 16.2 Å². The summed E-state index contributed by atoms with van der Waals surface area (Å²) in [5, 5.41) is 21.7. The van der Waals surface area contributed by atoms with Crippen molar-refractivity contribution in [3.05, 3.63) is 64.0 Å². The zero-order chi connectivity index (χ0) is 19.6. The van der Waals surface area contributed by atoms with E-state index in [0.717, 1.165) is 23.9 Å². The van der Waals surface area contributed by atoms with Crippen molar-refractivity contribution in [1.82, 2.24) is 19.6 Å². The van der Waals surface area contributed by atoms with E-state index in [1.165, 1.54) is 23.1 Å². The molecule has 0 atom stereocenters. The van der Waals surface area contributed by atoms with Gasteiger partial charge in [-0.25, -0.2) is 9.07 Å². The highest BCUT2D eigenvalue weighted by Gasteiger charge is 2.17. The van der Waals surface area contributed by atoms with E-state index in [1.54, 1.807) is 18.7 Å². The fourth-order valence-corrected chi connectivity index (χ4v) is 2.25. The van der Waals surface area contributed by atoms with E-state index in [4.69, 9.17) is 4.74 Å². The minimum absolute atomic E-state index is 0.121. The molecular weight excluding hydrogens is 359 g/mol. The molecule has 0 bridgehead atoms. The molecule has 3 rings (SSSR count). The van der Waals surface area contributed by atoms with E-state index < -0.39 is 16.6 Å². The Balaban J connectivity index is 1.68. The van der Waals surface area contributed by atoms with E-state index in [2.05, 4.69) is 15.5 Å². The van der Waals surface area contributed by atoms with Crippen LogP contribution < -0.4 is 10.1 Å². The molecule has 10 nitrogen and oxygen atoms in total. The fourth-order valence-electron chi connectivity index (χ4n) is 2.25. The van der Waals surface area contributed by atoms with Gasteiger partial charge in [0.05, 0.1) is 22.5 Å². The summed E-state index contributed by atoms with van der Waals surface area (Å²) < 4.78 is 21.5. The van der Waals surface area contributed by atoms with Gasteiger partial charge in [-0.15, -0.1) is 0 Å². The molecule has 0 radical (unpaired) electrons. The predicted molar refractivity (Wildman–Crippen MR) is 91.8 cm³/mol. The molecule has 0 fully saturated rings. The van der Waals surface area contributed by atoms with Crippen molar-refractivity contribution in [3.8, 4) is 5.75 Å². The number of nitrogens with one attached hydrogen (secondary N) is 1. The number of hydrogen-bond donors (Lipinski definition) is 1. The number of aryl methyl sites for hydroxylation is 1. The molecule has 0 unspecified atom stereocenters. The number of anilines is 1. The van der Waals surface area contributed by atoms with Crippen LogP contribution >= 0.6 is 0 Å². The Morgan fingerprint density at radius 3 is 2.85 bits per heavy atom. The van der Waals surface area contributed by atoms with E-state index in [0.29, 0.717) is 5.69 Å². The number of carbonyl (C=O) groups is 1. The highest BCUT2D eigenvalue weighted by molar-refractivity contribution is 6.03. The highest BCUT2D eigenvalue weighted by atomic mass is 19.1. The van der Waals surface area contributed by atoms with Crippen LogP contribution in [0.5, 0.6) is 5.75 Å². The maximum absolute atomic E-state index is 13.3. The lowest BCUT2D eigenvalue weighted by Gasteiger charge is -2.07. The quantitative estimate of drug-likeness (QED) is 0.522. The Kier molecular flexibility index (Phi) is 4.83. The second kappa shape index (κ2) is 7.23. The predicted octanol–water partition coefficient (Wildman–Crippen LogP) is 2.26. The number of nitro groups is 1. The summed E-state index contributed by atoms with van der Waals surface area (Å²) in [6.07, 6.45) is 2.99. The van der Waals surface area contributed by atoms with Gasteiger partial charge >= 0.3 is 5.69 Å². The van der Waals surface area contributed by atoms with Crippen LogP contribution in [0.25, 0.3) is 0 Å². The van der Waals surface area contributed by atoms with E-state index in [-0.39, 0.29) is 23.9 Å². The molecule has 0 aliphatic heterocycles. The zero-order valence-electron chi connectivity index (χ0n) is 14.4.